The molecule has 0 bridgehead atoms. The number of nitrogens with zero attached hydrogens (tertiary/aromatic N) is 2. The lowest BCUT2D eigenvalue weighted by Gasteiger charge is -1.97. The molecule has 0 saturated heterocycles. The Bertz CT molecular complexity index is 787. The molecule has 2 N–H and O–H groups in total. The number of nitrogen functional groups attached to an aromatic ring is 1. The number of nitrogens with two attached hydrogens (primary N) is 1. The predicted molar refractivity (Wildman–Crippen MR) is 76.3 cm³/mol. The Hall–Kier alpha value is -1.88. The number of aryl methyl sites for hydroxylation is 2. The number of fused-ring (bicyclic) bond motifs is 2. The number of hydrogen-bond acceptors (Lipinski definition) is 5. The van der Waals surface area contributed by atoms with E-state index in [-0.39, 0.29) is 0 Å². The minimum Gasteiger partial charge on any atom is -0.434 e. The van der Waals surface area contributed by atoms with Crippen LogP contribution in [-0.4, -0.2) is 9.97 Å². The van der Waals surface area contributed by atoms with Crippen LogP contribution < -0.4 is 5.73 Å². The van der Waals surface area contributed by atoms with Crippen molar-refractivity contribution in [2.45, 2.75) is 26.2 Å². The molecule has 3 aromatic heterocycles. The number of rotatable bonds is 1. The molecular formula is C14H13N3OS. The summed E-state index contributed by atoms with van der Waals surface area (Å²) in [5, 5.41) is 0.813. The fraction of sp³-hybridized carbons (Fsp3) is 0.286. The van der Waals surface area contributed by atoms with Crippen LogP contribution in [0.5, 0.6) is 0 Å². The summed E-state index contributed by atoms with van der Waals surface area (Å²) in [7, 11) is 0. The zero-order chi connectivity index (χ0) is 13.0. The van der Waals surface area contributed by atoms with Crippen molar-refractivity contribution < 1.29 is 4.42 Å². The van der Waals surface area contributed by atoms with Gasteiger partial charge in [-0.1, -0.05) is 0 Å². The first-order valence-corrected chi connectivity index (χ1v) is 7.18. The highest BCUT2D eigenvalue weighted by Crippen LogP contribution is 2.43. The molecule has 0 aliphatic heterocycles. The minimum absolute atomic E-state index is 0.616. The van der Waals surface area contributed by atoms with E-state index in [1.165, 1.54) is 16.9 Å². The topological polar surface area (TPSA) is 64.9 Å². The van der Waals surface area contributed by atoms with E-state index in [1.54, 1.807) is 11.3 Å². The summed E-state index contributed by atoms with van der Waals surface area (Å²) >= 11 is 1.67. The van der Waals surface area contributed by atoms with Crippen LogP contribution in [0.15, 0.2) is 16.5 Å². The summed E-state index contributed by atoms with van der Waals surface area (Å²) < 4.78 is 5.83. The molecule has 0 atom stereocenters. The van der Waals surface area contributed by atoms with Crippen molar-refractivity contribution in [3.05, 3.63) is 28.3 Å². The molecule has 1 aliphatic carbocycles. The molecule has 3 aromatic rings. The first-order chi connectivity index (χ1) is 9.22. The van der Waals surface area contributed by atoms with Gasteiger partial charge in [-0.3, -0.25) is 0 Å². The van der Waals surface area contributed by atoms with E-state index in [2.05, 4.69) is 9.97 Å². The summed E-state index contributed by atoms with van der Waals surface area (Å²) in [5.41, 5.74) is 10.8. The lowest BCUT2D eigenvalue weighted by molar-refractivity contribution is 0.619. The summed E-state index contributed by atoms with van der Waals surface area (Å²) in [6.45, 7) is 1.95. The fourth-order valence-electron chi connectivity index (χ4n) is 2.68. The molecule has 0 radical (unpaired) electrons. The van der Waals surface area contributed by atoms with E-state index in [1.807, 2.05) is 19.1 Å². The second kappa shape index (κ2) is 3.81. The van der Waals surface area contributed by atoms with Crippen LogP contribution in [-0.2, 0) is 12.8 Å². The first-order valence-electron chi connectivity index (χ1n) is 6.37. The van der Waals surface area contributed by atoms with Gasteiger partial charge in [0.1, 0.15) is 0 Å². The Morgan fingerprint density at radius 2 is 2.16 bits per heavy atom. The lowest BCUT2D eigenvalue weighted by Crippen LogP contribution is -1.88. The maximum absolute atomic E-state index is 6.13. The van der Waals surface area contributed by atoms with Gasteiger partial charge >= 0.3 is 0 Å². The molecule has 0 spiro atoms. The average Bonchev–Trinajstić information content (AvgIpc) is 3.01. The Kier molecular flexibility index (Phi) is 2.20. The van der Waals surface area contributed by atoms with E-state index in [9.17, 15) is 0 Å². The quantitative estimate of drug-likeness (QED) is 0.737. The maximum atomic E-state index is 6.13. The largest absolute Gasteiger partial charge is 0.434 e. The van der Waals surface area contributed by atoms with Crippen LogP contribution in [0.2, 0.25) is 0 Å². The molecule has 0 aromatic carbocycles. The number of oxazole rings is 1. The Labute approximate surface area is 114 Å². The van der Waals surface area contributed by atoms with Gasteiger partial charge in [0.05, 0.1) is 10.6 Å². The van der Waals surface area contributed by atoms with E-state index in [0.717, 1.165) is 34.7 Å². The molecule has 0 fully saturated rings. The van der Waals surface area contributed by atoms with Crippen LogP contribution in [0.1, 0.15) is 22.6 Å². The van der Waals surface area contributed by atoms with Gasteiger partial charge < -0.3 is 10.2 Å². The number of hydrogen-bond donors (Lipinski definition) is 1. The van der Waals surface area contributed by atoms with Gasteiger partial charge in [0, 0.05) is 10.6 Å². The zero-order valence-corrected chi connectivity index (χ0v) is 11.4. The molecule has 1 aliphatic rings. The Morgan fingerprint density at radius 1 is 1.26 bits per heavy atom. The Balaban J connectivity index is 1.95. The van der Waals surface area contributed by atoms with Crippen molar-refractivity contribution in [3.8, 4) is 11.5 Å². The van der Waals surface area contributed by atoms with Gasteiger partial charge in [-0.2, -0.15) is 4.98 Å². The van der Waals surface area contributed by atoms with Crippen LogP contribution in [0.25, 0.3) is 22.7 Å². The summed E-state index contributed by atoms with van der Waals surface area (Å²) in [6, 6.07) is 3.84. The van der Waals surface area contributed by atoms with Gasteiger partial charge in [-0.05, 0) is 43.9 Å². The van der Waals surface area contributed by atoms with Crippen LogP contribution in [0, 0.1) is 6.92 Å². The molecule has 5 heteroatoms. The molecule has 0 unspecified atom stereocenters. The second-order valence-corrected chi connectivity index (χ2v) is 6.03. The van der Waals surface area contributed by atoms with Gasteiger partial charge in [0.2, 0.25) is 5.89 Å². The van der Waals surface area contributed by atoms with Crippen LogP contribution in [0.4, 0.5) is 5.00 Å². The van der Waals surface area contributed by atoms with Crippen molar-refractivity contribution in [1.82, 2.24) is 9.97 Å². The molecule has 19 heavy (non-hydrogen) atoms. The highest BCUT2D eigenvalue weighted by atomic mass is 32.1. The highest BCUT2D eigenvalue weighted by Gasteiger charge is 2.25. The molecule has 0 saturated carbocycles. The SMILES string of the molecule is Cc1ccc2oc(-c3c(N)sc4c3CCC4)nc2n1. The molecule has 3 heterocycles. The third-order valence-electron chi connectivity index (χ3n) is 3.56. The predicted octanol–water partition coefficient (Wildman–Crippen LogP) is 3.33. The number of pyridine rings is 1. The molecule has 96 valence electrons. The molecule has 4 nitrogen and oxygen atoms in total. The van der Waals surface area contributed by atoms with Crippen molar-refractivity contribution in [2.75, 3.05) is 5.73 Å². The van der Waals surface area contributed by atoms with Crippen LogP contribution >= 0.6 is 11.3 Å². The van der Waals surface area contributed by atoms with Crippen molar-refractivity contribution in [2.24, 2.45) is 0 Å². The van der Waals surface area contributed by atoms with Crippen molar-refractivity contribution in [1.29, 1.82) is 0 Å². The molecular weight excluding hydrogens is 258 g/mol. The molecule has 4 rings (SSSR count). The van der Waals surface area contributed by atoms with Gasteiger partial charge in [-0.25, -0.2) is 4.98 Å². The third-order valence-corrected chi connectivity index (χ3v) is 4.68. The summed E-state index contributed by atoms with van der Waals surface area (Å²) in [5.74, 6) is 0.616. The van der Waals surface area contributed by atoms with E-state index >= 15 is 0 Å². The van der Waals surface area contributed by atoms with E-state index in [0.29, 0.717) is 11.5 Å². The Morgan fingerprint density at radius 3 is 3.05 bits per heavy atom. The summed E-state index contributed by atoms with van der Waals surface area (Å²) in [6.07, 6.45) is 3.40. The first kappa shape index (κ1) is 11.0. The van der Waals surface area contributed by atoms with Crippen molar-refractivity contribution in [3.63, 3.8) is 0 Å². The minimum atomic E-state index is 0.616. The number of anilines is 1. The zero-order valence-electron chi connectivity index (χ0n) is 10.6. The van der Waals surface area contributed by atoms with Crippen LogP contribution in [0.3, 0.4) is 0 Å². The summed E-state index contributed by atoms with van der Waals surface area (Å²) in [4.78, 5) is 10.3. The number of aromatic nitrogens is 2. The molecule has 0 amide bonds. The average molecular weight is 271 g/mol. The lowest BCUT2D eigenvalue weighted by atomic mass is 10.1. The van der Waals surface area contributed by atoms with Gasteiger partial charge in [0.25, 0.3) is 0 Å². The van der Waals surface area contributed by atoms with Gasteiger partial charge in [0.15, 0.2) is 11.2 Å². The normalized spacial score (nSPS) is 14.2. The van der Waals surface area contributed by atoms with E-state index < -0.39 is 0 Å². The third kappa shape index (κ3) is 1.58. The maximum Gasteiger partial charge on any atom is 0.232 e. The standard InChI is InChI=1S/C14H13N3OS/c1-7-5-6-9-13(16-7)17-14(18-9)11-8-3-2-4-10(8)19-12(11)15/h5-6H,2-4,15H2,1H3. The van der Waals surface area contributed by atoms with E-state index in [4.69, 9.17) is 10.2 Å². The smallest absolute Gasteiger partial charge is 0.232 e. The monoisotopic (exact) mass is 271 g/mol. The van der Waals surface area contributed by atoms with Gasteiger partial charge in [-0.15, -0.1) is 11.3 Å². The van der Waals surface area contributed by atoms with Crippen molar-refractivity contribution >= 4 is 27.6 Å². The fourth-order valence-corrected chi connectivity index (χ4v) is 3.83. The number of thiophene rings is 1. The second-order valence-electron chi connectivity index (χ2n) is 4.89. The highest BCUT2D eigenvalue weighted by molar-refractivity contribution is 7.16.